The van der Waals surface area contributed by atoms with E-state index in [1.54, 1.807) is 13.8 Å². The van der Waals surface area contributed by atoms with Gasteiger partial charge in [-0.05, 0) is 44.9 Å². The molecule has 3 aliphatic heterocycles. The van der Waals surface area contributed by atoms with E-state index in [0.717, 1.165) is 11.0 Å². The normalized spacial score (nSPS) is 31.6. The smallest absolute Gasteiger partial charge is 0.412 e. The van der Waals surface area contributed by atoms with E-state index in [1.165, 1.54) is 18.6 Å². The van der Waals surface area contributed by atoms with Crippen molar-refractivity contribution in [2.75, 3.05) is 4.90 Å². The summed E-state index contributed by atoms with van der Waals surface area (Å²) < 4.78 is 45.6. The summed E-state index contributed by atoms with van der Waals surface area (Å²) in [6.07, 6.45) is -2.26. The van der Waals surface area contributed by atoms with E-state index >= 15 is 0 Å². The van der Waals surface area contributed by atoms with E-state index in [0.29, 0.717) is 18.9 Å². The molecule has 3 heterocycles. The second-order valence-electron chi connectivity index (χ2n) is 8.24. The Labute approximate surface area is 174 Å². The number of anilines is 1. The molecule has 2 bridgehead atoms. The largest absolute Gasteiger partial charge is 0.417 e. The van der Waals surface area contributed by atoms with Crippen LogP contribution in [0.15, 0.2) is 18.2 Å². The van der Waals surface area contributed by atoms with Crippen LogP contribution in [0.3, 0.4) is 0 Å². The van der Waals surface area contributed by atoms with Gasteiger partial charge in [-0.25, -0.2) is 4.90 Å². The average Bonchev–Trinajstić information content (AvgIpc) is 3.18. The number of halogens is 3. The lowest BCUT2D eigenvalue weighted by Crippen LogP contribution is -2.40. The van der Waals surface area contributed by atoms with Gasteiger partial charge in [-0.15, -0.1) is 0 Å². The number of ether oxygens (including phenoxy) is 1. The van der Waals surface area contributed by atoms with Gasteiger partial charge in [0.25, 0.3) is 0 Å². The molecule has 4 rings (SSSR count). The van der Waals surface area contributed by atoms with E-state index in [9.17, 15) is 22.8 Å². The van der Waals surface area contributed by atoms with Gasteiger partial charge in [-0.1, -0.05) is 20.3 Å². The number of imide groups is 1. The molecular formula is C21H27F3N2O4. The number of amides is 2. The van der Waals surface area contributed by atoms with E-state index in [1.807, 2.05) is 0 Å². The van der Waals surface area contributed by atoms with Gasteiger partial charge in [0.05, 0.1) is 45.9 Å². The van der Waals surface area contributed by atoms with Gasteiger partial charge < -0.3 is 10.2 Å². The van der Waals surface area contributed by atoms with Crippen molar-refractivity contribution >= 4 is 17.5 Å². The number of benzene rings is 1. The minimum Gasteiger partial charge on any atom is -0.412 e. The van der Waals surface area contributed by atoms with Crippen molar-refractivity contribution in [2.24, 2.45) is 11.8 Å². The zero-order valence-electron chi connectivity index (χ0n) is 17.3. The molecule has 0 radical (unpaired) electrons. The van der Waals surface area contributed by atoms with Gasteiger partial charge in [0.15, 0.2) is 0 Å². The highest BCUT2D eigenvalue weighted by Crippen LogP contribution is 2.61. The van der Waals surface area contributed by atoms with Crippen LogP contribution >= 0.6 is 0 Å². The molecule has 3 fully saturated rings. The highest BCUT2D eigenvalue weighted by Gasteiger charge is 2.72. The Morgan fingerprint density at radius 2 is 1.63 bits per heavy atom. The predicted molar refractivity (Wildman–Crippen MR) is 104 cm³/mol. The van der Waals surface area contributed by atoms with Crippen LogP contribution in [0.25, 0.3) is 0 Å². The van der Waals surface area contributed by atoms with Gasteiger partial charge in [-0.2, -0.15) is 18.4 Å². The fraction of sp³-hybridized carbons (Fsp3) is 0.571. The highest BCUT2D eigenvalue weighted by molar-refractivity contribution is 6.23. The van der Waals surface area contributed by atoms with Gasteiger partial charge in [-0.3, -0.25) is 9.59 Å². The van der Waals surface area contributed by atoms with Crippen LogP contribution in [0.4, 0.5) is 18.9 Å². The Balaban J connectivity index is 0.000000910. The summed E-state index contributed by atoms with van der Waals surface area (Å²) in [6, 6.07) is 4.38. The summed E-state index contributed by atoms with van der Waals surface area (Å²) in [5, 5.41) is 8.90. The standard InChI is InChI=1S/C18H15F3N2O3.C3H8.H2O.H2/c1-16-5-6-17(2,26-16)13-12(16)14(24)23(15(13)25)10-4-3-9(8-22)11(7-10)18(19,20)21;1-3-2;;/h3-4,7,12-13H,5-6H2,1-2H3;3H2,1-2H3;1H2;1H/t12-,13+,16-,17+;;;. The summed E-state index contributed by atoms with van der Waals surface area (Å²) in [4.78, 5) is 26.7. The third kappa shape index (κ3) is 3.38. The maximum atomic E-state index is 13.2. The van der Waals surface area contributed by atoms with Crippen LogP contribution in [-0.4, -0.2) is 28.5 Å². The Kier molecular flexibility index (Phi) is 6.09. The molecule has 0 aliphatic carbocycles. The van der Waals surface area contributed by atoms with Gasteiger partial charge >= 0.3 is 6.18 Å². The number of hydrogen-bond acceptors (Lipinski definition) is 4. The minimum absolute atomic E-state index is 0. The third-order valence-electron chi connectivity index (χ3n) is 5.89. The van der Waals surface area contributed by atoms with Crippen molar-refractivity contribution < 1.29 is 34.4 Å². The second kappa shape index (κ2) is 7.67. The second-order valence-corrected chi connectivity index (χ2v) is 8.24. The number of carbonyl (C=O) groups excluding carboxylic acids is 2. The van der Waals surface area contributed by atoms with Crippen LogP contribution in [0.5, 0.6) is 0 Å². The Hall–Kier alpha value is -2.44. The fourth-order valence-electron chi connectivity index (χ4n) is 4.73. The molecule has 6 nitrogen and oxygen atoms in total. The molecule has 2 amide bonds. The molecule has 9 heteroatoms. The Morgan fingerprint density at radius 1 is 1.17 bits per heavy atom. The quantitative estimate of drug-likeness (QED) is 0.634. The fourth-order valence-corrected chi connectivity index (χ4v) is 4.73. The lowest BCUT2D eigenvalue weighted by molar-refractivity contribution is -0.138. The molecule has 4 atom stereocenters. The molecule has 166 valence electrons. The predicted octanol–water partition coefficient (Wildman–Crippen LogP) is 3.86. The third-order valence-corrected chi connectivity index (χ3v) is 5.89. The molecular weight excluding hydrogens is 401 g/mol. The lowest BCUT2D eigenvalue weighted by atomic mass is 9.69. The number of fused-ring (bicyclic) bond motifs is 5. The number of rotatable bonds is 1. The van der Waals surface area contributed by atoms with Gasteiger partial charge in [0.2, 0.25) is 11.8 Å². The molecule has 3 saturated heterocycles. The average molecular weight is 428 g/mol. The first-order valence-corrected chi connectivity index (χ1v) is 9.63. The van der Waals surface area contributed by atoms with Gasteiger partial charge in [0.1, 0.15) is 0 Å². The molecule has 3 aliphatic rings. The summed E-state index contributed by atoms with van der Waals surface area (Å²) in [7, 11) is 0. The van der Waals surface area contributed by atoms with Crippen LogP contribution in [0, 0.1) is 23.2 Å². The topological polar surface area (TPSA) is 102 Å². The molecule has 0 unspecified atom stereocenters. The summed E-state index contributed by atoms with van der Waals surface area (Å²) in [5.41, 5.74) is -3.43. The molecule has 0 saturated carbocycles. The lowest BCUT2D eigenvalue weighted by Gasteiger charge is -2.27. The Morgan fingerprint density at radius 3 is 2.03 bits per heavy atom. The maximum Gasteiger partial charge on any atom is 0.417 e. The van der Waals surface area contributed by atoms with E-state index in [4.69, 9.17) is 10.00 Å². The van der Waals surface area contributed by atoms with Crippen molar-refractivity contribution in [1.29, 1.82) is 5.26 Å². The van der Waals surface area contributed by atoms with E-state index < -0.39 is 52.2 Å². The molecule has 2 N–H and O–H groups in total. The van der Waals surface area contributed by atoms with Gasteiger partial charge in [0, 0.05) is 1.43 Å². The molecule has 1 aromatic carbocycles. The van der Waals surface area contributed by atoms with Crippen molar-refractivity contribution in [3.05, 3.63) is 29.3 Å². The molecule has 0 aromatic heterocycles. The molecule has 1 aromatic rings. The Bertz CT molecular complexity index is 883. The number of nitriles is 1. The van der Waals surface area contributed by atoms with E-state index in [-0.39, 0.29) is 12.6 Å². The van der Waals surface area contributed by atoms with Crippen molar-refractivity contribution in [2.45, 2.75) is 64.3 Å². The SMILES string of the molecule is CCC.C[C@]12CC[C@](C)(O1)[C@@H]1C(=O)N(c3ccc(C#N)c(C(F)(F)F)c3)C(=O)[C@@H]12.O.[HH]. The zero-order valence-corrected chi connectivity index (χ0v) is 17.3. The monoisotopic (exact) mass is 428 g/mol. The van der Waals surface area contributed by atoms with Crippen LogP contribution in [0.1, 0.15) is 59.5 Å². The molecule has 30 heavy (non-hydrogen) atoms. The van der Waals surface area contributed by atoms with E-state index in [2.05, 4.69) is 13.8 Å². The maximum absolute atomic E-state index is 13.2. The zero-order chi connectivity index (χ0) is 21.8. The van der Waals surface area contributed by atoms with Crippen molar-refractivity contribution in [1.82, 2.24) is 0 Å². The van der Waals surface area contributed by atoms with Crippen LogP contribution in [0.2, 0.25) is 0 Å². The molecule has 0 spiro atoms. The number of alkyl halides is 3. The summed E-state index contributed by atoms with van der Waals surface area (Å²) in [6.45, 7) is 7.80. The van der Waals surface area contributed by atoms with Crippen molar-refractivity contribution in [3.63, 3.8) is 0 Å². The highest BCUT2D eigenvalue weighted by atomic mass is 19.4. The summed E-state index contributed by atoms with van der Waals surface area (Å²) >= 11 is 0. The number of carbonyl (C=O) groups is 2. The minimum atomic E-state index is -4.76. The first-order chi connectivity index (χ1) is 13.4. The van der Waals surface area contributed by atoms with Crippen molar-refractivity contribution in [3.8, 4) is 6.07 Å². The van der Waals surface area contributed by atoms with Crippen LogP contribution < -0.4 is 4.90 Å². The number of nitrogens with zero attached hydrogens (tertiary/aromatic N) is 2. The summed E-state index contributed by atoms with van der Waals surface area (Å²) in [5.74, 6) is -2.47. The number of hydrogen-bond donors (Lipinski definition) is 0. The van der Waals surface area contributed by atoms with Crippen LogP contribution in [-0.2, 0) is 20.5 Å². The first-order valence-electron chi connectivity index (χ1n) is 9.63. The first kappa shape index (κ1) is 23.8.